The molecule has 2 N–H and O–H groups in total. The molecule has 1 heterocycles. The number of nitrogens with one attached hydrogen (secondary N) is 1. The molecule has 1 aromatic rings. The van der Waals surface area contributed by atoms with Crippen LogP contribution in [0.3, 0.4) is 0 Å². The second-order valence-electron chi connectivity index (χ2n) is 4.81. The van der Waals surface area contributed by atoms with Gasteiger partial charge in [0.15, 0.2) is 0 Å². The van der Waals surface area contributed by atoms with Crippen molar-refractivity contribution in [3.63, 3.8) is 0 Å². The highest BCUT2D eigenvalue weighted by Gasteiger charge is 2.19. The summed E-state index contributed by atoms with van der Waals surface area (Å²) in [4.78, 5) is 28.5. The van der Waals surface area contributed by atoms with Gasteiger partial charge in [-0.2, -0.15) is 0 Å². The zero-order valence-electron chi connectivity index (χ0n) is 12.2. The normalized spacial score (nSPS) is 13.6. The Bertz CT molecular complexity index is 475. The minimum atomic E-state index is -0.912. The minimum Gasteiger partial charge on any atom is -0.481 e. The Morgan fingerprint density at radius 2 is 2.15 bits per heavy atom. The lowest BCUT2D eigenvalue weighted by molar-refractivity contribution is -0.141. The summed E-state index contributed by atoms with van der Waals surface area (Å²) in [5, 5.41) is 14.6. The number of hydrogen-bond acceptors (Lipinski definition) is 4. The summed E-state index contributed by atoms with van der Waals surface area (Å²) >= 11 is 1.57. The first-order valence-corrected chi connectivity index (χ1v) is 7.41. The predicted molar refractivity (Wildman–Crippen MR) is 77.9 cm³/mol. The topological polar surface area (TPSA) is 82.5 Å². The van der Waals surface area contributed by atoms with Crippen molar-refractivity contribution in [1.29, 1.82) is 0 Å². The fourth-order valence-electron chi connectivity index (χ4n) is 1.63. The lowest BCUT2D eigenvalue weighted by Gasteiger charge is -2.22. The number of carboxylic acids is 1. The van der Waals surface area contributed by atoms with E-state index in [9.17, 15) is 9.59 Å². The number of carbonyl (C=O) groups is 2. The molecule has 0 radical (unpaired) electrons. The minimum absolute atomic E-state index is 0.172. The Balaban J connectivity index is 2.54. The molecule has 1 rings (SSSR count). The highest BCUT2D eigenvalue weighted by Crippen LogP contribution is 2.17. The Labute approximate surface area is 122 Å². The van der Waals surface area contributed by atoms with Gasteiger partial charge >= 0.3 is 12.0 Å². The summed E-state index contributed by atoms with van der Waals surface area (Å²) in [6.45, 7) is 5.64. The fourth-order valence-corrected chi connectivity index (χ4v) is 2.47. The van der Waals surface area contributed by atoms with Gasteiger partial charge in [0, 0.05) is 19.0 Å². The molecule has 0 bridgehead atoms. The van der Waals surface area contributed by atoms with Crippen LogP contribution in [0.1, 0.15) is 37.5 Å². The third-order valence-corrected chi connectivity index (χ3v) is 3.98. The lowest BCUT2D eigenvalue weighted by Crippen LogP contribution is -2.41. The molecule has 2 unspecified atom stereocenters. The van der Waals surface area contributed by atoms with Crippen molar-refractivity contribution in [2.24, 2.45) is 5.92 Å². The molecule has 2 atom stereocenters. The first-order valence-electron chi connectivity index (χ1n) is 6.53. The molecule has 0 saturated carbocycles. The van der Waals surface area contributed by atoms with Gasteiger partial charge in [-0.05, 0) is 13.3 Å². The second-order valence-corrected chi connectivity index (χ2v) is 5.75. The van der Waals surface area contributed by atoms with Crippen molar-refractivity contribution in [3.05, 3.63) is 16.1 Å². The maximum Gasteiger partial charge on any atom is 0.317 e. The lowest BCUT2D eigenvalue weighted by atomic mass is 10.2. The van der Waals surface area contributed by atoms with Gasteiger partial charge in [0.25, 0.3) is 0 Å². The first-order chi connectivity index (χ1) is 9.35. The average Bonchev–Trinajstić information content (AvgIpc) is 2.87. The number of urea groups is 1. The average molecular weight is 299 g/mol. The summed E-state index contributed by atoms with van der Waals surface area (Å²) in [5.41, 5.74) is 0.833. The number of carboxylic acid groups (broad SMARTS) is 1. The Kier molecular flexibility index (Phi) is 5.94. The van der Waals surface area contributed by atoms with E-state index >= 15 is 0 Å². The molecule has 0 aliphatic rings. The monoisotopic (exact) mass is 299 g/mol. The maximum atomic E-state index is 12.0. The number of thiazole rings is 1. The van der Waals surface area contributed by atoms with E-state index in [0.29, 0.717) is 0 Å². The van der Waals surface area contributed by atoms with Crippen molar-refractivity contribution in [1.82, 2.24) is 15.2 Å². The van der Waals surface area contributed by atoms with Gasteiger partial charge in [0.1, 0.15) is 0 Å². The van der Waals surface area contributed by atoms with Gasteiger partial charge in [-0.1, -0.05) is 13.8 Å². The summed E-state index contributed by atoms with van der Waals surface area (Å²) in [6, 6.07) is -0.488. The quantitative estimate of drug-likeness (QED) is 0.843. The third kappa shape index (κ3) is 4.48. The predicted octanol–water partition coefficient (Wildman–Crippen LogP) is 2.13. The van der Waals surface area contributed by atoms with Crippen molar-refractivity contribution in [3.8, 4) is 0 Å². The number of rotatable bonds is 6. The second kappa shape index (κ2) is 7.23. The third-order valence-electron chi connectivity index (χ3n) is 2.97. The molecule has 0 aliphatic carbocycles. The first kappa shape index (κ1) is 16.4. The molecule has 0 aromatic carbocycles. The Morgan fingerprint density at radius 1 is 1.50 bits per heavy atom. The number of hydrogen-bond donors (Lipinski definition) is 2. The van der Waals surface area contributed by atoms with Crippen LogP contribution in [-0.4, -0.2) is 40.6 Å². The van der Waals surface area contributed by atoms with E-state index in [1.807, 2.05) is 19.2 Å². The Hall–Kier alpha value is -1.63. The highest BCUT2D eigenvalue weighted by atomic mass is 32.1. The van der Waals surface area contributed by atoms with E-state index < -0.39 is 11.9 Å². The largest absolute Gasteiger partial charge is 0.481 e. The summed E-state index contributed by atoms with van der Waals surface area (Å²) in [6.07, 6.45) is 0.876. The van der Waals surface area contributed by atoms with Gasteiger partial charge in [0.05, 0.1) is 22.7 Å². The van der Waals surface area contributed by atoms with Crippen LogP contribution >= 0.6 is 11.3 Å². The van der Waals surface area contributed by atoms with E-state index in [0.717, 1.165) is 17.1 Å². The van der Waals surface area contributed by atoms with Crippen LogP contribution in [0.15, 0.2) is 5.38 Å². The molecule has 0 aliphatic heterocycles. The molecular formula is C13H21N3O3S. The zero-order chi connectivity index (χ0) is 15.3. The van der Waals surface area contributed by atoms with Crippen LogP contribution in [0.4, 0.5) is 4.79 Å². The van der Waals surface area contributed by atoms with Gasteiger partial charge in [-0.15, -0.1) is 11.3 Å². The number of carbonyl (C=O) groups excluding carboxylic acids is 1. The summed E-state index contributed by atoms with van der Waals surface area (Å²) in [5.74, 6) is -1.50. The van der Waals surface area contributed by atoms with Gasteiger partial charge in [-0.25, -0.2) is 9.78 Å². The number of nitrogens with zero attached hydrogens (tertiary/aromatic N) is 2. The van der Waals surface area contributed by atoms with E-state index in [1.54, 1.807) is 25.3 Å². The van der Waals surface area contributed by atoms with Crippen LogP contribution in [-0.2, 0) is 11.2 Å². The van der Waals surface area contributed by atoms with E-state index in [4.69, 9.17) is 5.11 Å². The highest BCUT2D eigenvalue weighted by molar-refractivity contribution is 7.09. The molecule has 20 heavy (non-hydrogen) atoms. The van der Waals surface area contributed by atoms with Crippen LogP contribution in [0.2, 0.25) is 0 Å². The fraction of sp³-hybridized carbons (Fsp3) is 0.615. The van der Waals surface area contributed by atoms with Crippen molar-refractivity contribution >= 4 is 23.3 Å². The molecule has 112 valence electrons. The number of aliphatic carboxylic acids is 1. The van der Waals surface area contributed by atoms with E-state index in [1.165, 1.54) is 4.90 Å². The van der Waals surface area contributed by atoms with Crippen molar-refractivity contribution < 1.29 is 14.7 Å². The maximum absolute atomic E-state index is 12.0. The Morgan fingerprint density at radius 3 is 2.65 bits per heavy atom. The zero-order valence-corrected chi connectivity index (χ0v) is 13.0. The summed E-state index contributed by atoms with van der Waals surface area (Å²) in [7, 11) is 1.58. The van der Waals surface area contributed by atoms with E-state index in [2.05, 4.69) is 10.3 Å². The molecular weight excluding hydrogens is 278 g/mol. The van der Waals surface area contributed by atoms with E-state index in [-0.39, 0.29) is 18.6 Å². The van der Waals surface area contributed by atoms with Crippen LogP contribution < -0.4 is 5.32 Å². The summed E-state index contributed by atoms with van der Waals surface area (Å²) < 4.78 is 0. The number of aromatic nitrogens is 1. The smallest absolute Gasteiger partial charge is 0.317 e. The molecule has 2 amide bonds. The molecule has 6 nitrogen and oxygen atoms in total. The van der Waals surface area contributed by atoms with Crippen molar-refractivity contribution in [2.45, 2.75) is 33.2 Å². The van der Waals surface area contributed by atoms with Crippen LogP contribution in [0, 0.1) is 5.92 Å². The van der Waals surface area contributed by atoms with Gasteiger partial charge in [-0.3, -0.25) is 4.79 Å². The van der Waals surface area contributed by atoms with Crippen LogP contribution in [0.5, 0.6) is 0 Å². The molecule has 0 fully saturated rings. The molecule has 7 heteroatoms. The number of amides is 2. The number of aryl methyl sites for hydroxylation is 1. The van der Waals surface area contributed by atoms with Gasteiger partial charge in [0.2, 0.25) is 0 Å². The molecule has 1 aromatic heterocycles. The van der Waals surface area contributed by atoms with Crippen molar-refractivity contribution in [2.75, 3.05) is 13.6 Å². The molecule has 0 spiro atoms. The van der Waals surface area contributed by atoms with Gasteiger partial charge < -0.3 is 15.3 Å². The standard InChI is InChI=1S/C13H21N3O3S/c1-5-11-15-10(7-20-11)9(3)14-13(19)16(4)6-8(2)12(17)18/h7-9H,5-6H2,1-4H3,(H,14,19)(H,17,18). The SMILES string of the molecule is CCc1nc(C(C)NC(=O)N(C)CC(C)C(=O)O)cs1. The molecule has 0 saturated heterocycles. The van der Waals surface area contributed by atoms with Crippen LogP contribution in [0.25, 0.3) is 0 Å².